The van der Waals surface area contributed by atoms with Crippen molar-refractivity contribution in [2.24, 2.45) is 5.14 Å². The average molecular weight is 541 g/mol. The van der Waals surface area contributed by atoms with Crippen LogP contribution in [0.15, 0.2) is 41.6 Å². The Bertz CT molecular complexity index is 645. The molecule has 0 aliphatic heterocycles. The Morgan fingerprint density at radius 3 is 2.22 bits per heavy atom. The molecule has 3 rings (SSSR count). The van der Waals surface area contributed by atoms with Crippen LogP contribution in [0.3, 0.4) is 0 Å². The first-order valence-electron chi connectivity index (χ1n) is 8.14. The van der Waals surface area contributed by atoms with Crippen molar-refractivity contribution < 1.29 is 21.8 Å². The van der Waals surface area contributed by atoms with E-state index in [1.54, 1.807) is 30.6 Å². The molecule has 1 heterocycles. The number of halogens is 2. The molecular formula is C18H25CrFIN5S. The van der Waals surface area contributed by atoms with E-state index in [1.807, 2.05) is 0 Å². The zero-order chi connectivity index (χ0) is 19.4. The van der Waals surface area contributed by atoms with Crippen molar-refractivity contribution in [3.63, 3.8) is 0 Å². The van der Waals surface area contributed by atoms with Gasteiger partial charge in [-0.05, 0) is 56.0 Å². The fraction of sp³-hybridized carbons (Fsp3) is 0.333. The first-order valence-corrected chi connectivity index (χ1v) is 10.1. The maximum Gasteiger partial charge on any atom is 2.00 e. The van der Waals surface area contributed by atoms with Crippen molar-refractivity contribution in [2.75, 3.05) is 5.32 Å². The third-order valence-corrected chi connectivity index (χ3v) is 5.20. The van der Waals surface area contributed by atoms with E-state index in [2.05, 4.69) is 62.5 Å². The molecule has 9 heteroatoms. The van der Waals surface area contributed by atoms with Crippen molar-refractivity contribution in [3.8, 4) is 0 Å². The molecule has 1 aliphatic rings. The van der Waals surface area contributed by atoms with Gasteiger partial charge in [0, 0.05) is 45.7 Å². The van der Waals surface area contributed by atoms with Gasteiger partial charge in [0.1, 0.15) is 5.82 Å². The summed E-state index contributed by atoms with van der Waals surface area (Å²) < 4.78 is 16.7. The molecule has 1 fully saturated rings. The molecule has 0 spiro atoms. The molecule has 0 atom stereocenters. The Kier molecular flexibility index (Phi) is 14.3. The summed E-state index contributed by atoms with van der Waals surface area (Å²) in [5, 5.41) is 8.10. The summed E-state index contributed by atoms with van der Waals surface area (Å²) in [4.78, 5) is 8.54. The second-order valence-electron chi connectivity index (χ2n) is 5.82. The first kappa shape index (κ1) is 26.6. The number of anilines is 2. The fourth-order valence-corrected chi connectivity index (χ4v) is 2.29. The van der Waals surface area contributed by atoms with Gasteiger partial charge in [-0.15, -0.1) is 0 Å². The summed E-state index contributed by atoms with van der Waals surface area (Å²) in [7, 11) is 0. The van der Waals surface area contributed by atoms with Crippen LogP contribution >= 0.6 is 34.8 Å². The molecule has 148 valence electrons. The normalized spacial score (nSPS) is 13.1. The minimum absolute atomic E-state index is 0. The number of unbranched alkanes of at least 4 members (excludes halogenated alkanes) is 1. The number of nitrogens with one attached hydrogen (secondary N) is 2. The van der Waals surface area contributed by atoms with E-state index in [-0.39, 0.29) is 23.2 Å². The molecule has 0 radical (unpaired) electrons. The standard InChI is InChI=1S/C10H9FN4S.C4H8IN.C4H8.Cr/c11-8-6-7(16-12)2-3-9(8)15-10-13-4-1-5-14-10;1-4(6-5)2-3-4;1-3-4-2;/h1-6H,12H2,(H,13,14,15);6H,2-3H2,1H3;1-4H2;/q;;-2;+2. The number of nitrogens with two attached hydrogens (primary N) is 1. The van der Waals surface area contributed by atoms with Crippen molar-refractivity contribution in [1.82, 2.24) is 13.5 Å². The van der Waals surface area contributed by atoms with Gasteiger partial charge in [0.25, 0.3) is 0 Å². The predicted octanol–water partition coefficient (Wildman–Crippen LogP) is 5.24. The van der Waals surface area contributed by atoms with E-state index in [9.17, 15) is 4.39 Å². The van der Waals surface area contributed by atoms with Gasteiger partial charge in [0.15, 0.2) is 0 Å². The number of hydrogen-bond donors (Lipinski definition) is 3. The molecular weight excluding hydrogens is 516 g/mol. The zero-order valence-corrected chi connectivity index (χ0v) is 19.5. The Labute approximate surface area is 190 Å². The Balaban J connectivity index is 0.000000510. The van der Waals surface area contributed by atoms with E-state index in [4.69, 9.17) is 5.14 Å². The fourth-order valence-electron chi connectivity index (χ4n) is 1.44. The second kappa shape index (κ2) is 14.5. The summed E-state index contributed by atoms with van der Waals surface area (Å²) in [6.07, 6.45) is 7.79. The molecule has 0 saturated heterocycles. The Morgan fingerprint density at radius 2 is 1.85 bits per heavy atom. The van der Waals surface area contributed by atoms with Gasteiger partial charge >= 0.3 is 17.4 Å². The van der Waals surface area contributed by atoms with Crippen LogP contribution < -0.4 is 14.0 Å². The molecule has 5 nitrogen and oxygen atoms in total. The van der Waals surface area contributed by atoms with Gasteiger partial charge in [0.2, 0.25) is 5.95 Å². The molecule has 1 aromatic heterocycles. The molecule has 0 amide bonds. The SMILES string of the molecule is CC1(NI)CC1.NSc1ccc(Nc2ncccn2)c(F)c1.[CH2-]CC[CH2-].[Cr+2]. The number of benzene rings is 1. The molecule has 27 heavy (non-hydrogen) atoms. The van der Waals surface area contributed by atoms with Crippen LogP contribution in [0.5, 0.6) is 0 Å². The molecule has 0 unspecified atom stereocenters. The maximum atomic E-state index is 13.5. The van der Waals surface area contributed by atoms with Gasteiger partial charge in [-0.25, -0.2) is 27.2 Å². The number of hydrogen-bond acceptors (Lipinski definition) is 6. The topological polar surface area (TPSA) is 75.9 Å². The quantitative estimate of drug-likeness (QED) is 0.208. The monoisotopic (exact) mass is 541 g/mol. The van der Waals surface area contributed by atoms with E-state index in [0.29, 0.717) is 22.1 Å². The number of rotatable bonds is 5. The molecule has 1 aromatic carbocycles. The molecule has 1 saturated carbocycles. The van der Waals surface area contributed by atoms with E-state index >= 15 is 0 Å². The zero-order valence-electron chi connectivity index (χ0n) is 15.3. The minimum Gasteiger partial charge on any atom is -0.346 e. The van der Waals surface area contributed by atoms with Crippen LogP contribution in [0.1, 0.15) is 32.6 Å². The van der Waals surface area contributed by atoms with Crippen LogP contribution in [-0.4, -0.2) is 15.5 Å². The number of aromatic nitrogens is 2. The third kappa shape index (κ3) is 11.2. The van der Waals surface area contributed by atoms with Crippen LogP contribution in [0.2, 0.25) is 0 Å². The summed E-state index contributed by atoms with van der Waals surface area (Å²) in [6.45, 7) is 9.32. The Hall–Kier alpha value is -0.438. The van der Waals surface area contributed by atoms with Crippen LogP contribution in [0, 0.1) is 19.7 Å². The van der Waals surface area contributed by atoms with Gasteiger partial charge < -0.3 is 19.2 Å². The van der Waals surface area contributed by atoms with Crippen LogP contribution in [0.4, 0.5) is 16.0 Å². The molecule has 0 bridgehead atoms. The largest absolute Gasteiger partial charge is 2.00 e. The minimum atomic E-state index is -0.386. The van der Waals surface area contributed by atoms with Gasteiger partial charge in [-0.3, -0.25) is 8.67 Å². The Morgan fingerprint density at radius 1 is 1.26 bits per heavy atom. The smallest absolute Gasteiger partial charge is 0.346 e. The van der Waals surface area contributed by atoms with Gasteiger partial charge in [-0.1, -0.05) is 0 Å². The van der Waals surface area contributed by atoms with Crippen molar-refractivity contribution in [2.45, 2.75) is 43.0 Å². The van der Waals surface area contributed by atoms with Crippen molar-refractivity contribution >= 4 is 46.4 Å². The third-order valence-electron chi connectivity index (χ3n) is 3.37. The molecule has 1 aliphatic carbocycles. The van der Waals surface area contributed by atoms with E-state index in [0.717, 1.165) is 24.8 Å². The average Bonchev–Trinajstić information content (AvgIpc) is 3.43. The molecule has 2 aromatic rings. The first-order chi connectivity index (χ1) is 12.5. The predicted molar refractivity (Wildman–Crippen MR) is 117 cm³/mol. The van der Waals surface area contributed by atoms with Crippen LogP contribution in [0.25, 0.3) is 0 Å². The van der Waals surface area contributed by atoms with Crippen molar-refractivity contribution in [1.29, 1.82) is 0 Å². The van der Waals surface area contributed by atoms with Gasteiger partial charge in [0.05, 0.1) is 5.69 Å². The van der Waals surface area contributed by atoms with E-state index < -0.39 is 0 Å². The summed E-state index contributed by atoms with van der Waals surface area (Å²) >= 11 is 3.21. The van der Waals surface area contributed by atoms with Crippen molar-refractivity contribution in [3.05, 3.63) is 56.3 Å². The van der Waals surface area contributed by atoms with Gasteiger partial charge in [-0.2, -0.15) is 0 Å². The summed E-state index contributed by atoms with van der Waals surface area (Å²) in [5.41, 5.74) is 0.851. The maximum absolute atomic E-state index is 13.5. The van der Waals surface area contributed by atoms with Crippen LogP contribution in [-0.2, 0) is 17.4 Å². The molecule has 4 N–H and O–H groups in total. The second-order valence-corrected chi connectivity index (χ2v) is 7.07. The summed E-state index contributed by atoms with van der Waals surface area (Å²) in [5.74, 6) is -0.0301. The summed E-state index contributed by atoms with van der Waals surface area (Å²) in [6, 6.07) is 6.37. The van der Waals surface area contributed by atoms with E-state index in [1.165, 1.54) is 18.9 Å². The number of nitrogens with zero attached hydrogens (tertiary/aromatic N) is 2.